The molecule has 3 N–H and O–H groups in total. The van der Waals surface area contributed by atoms with Crippen LogP contribution in [0, 0.1) is 0 Å². The summed E-state index contributed by atoms with van der Waals surface area (Å²) >= 11 is 1.49. The first-order chi connectivity index (χ1) is 12.3. The van der Waals surface area contributed by atoms with Gasteiger partial charge in [0, 0.05) is 0 Å². The fourth-order valence-corrected chi connectivity index (χ4v) is 3.81. The summed E-state index contributed by atoms with van der Waals surface area (Å²) in [5.74, 6) is -3.90. The molecule has 0 aliphatic carbocycles. The Morgan fingerprint density at radius 1 is 0.889 bits per heavy atom. The average Bonchev–Trinajstić information content (AvgIpc) is 2.54. The van der Waals surface area contributed by atoms with E-state index in [-0.39, 0.29) is 0 Å². The van der Waals surface area contributed by atoms with Crippen molar-refractivity contribution in [3.05, 3.63) is 47.5 Å². The first kappa shape index (κ1) is 20.9. The Hall–Kier alpha value is -2.36. The van der Waals surface area contributed by atoms with E-state index in [4.69, 9.17) is 14.4 Å². The molecule has 0 saturated carbocycles. The van der Waals surface area contributed by atoms with Gasteiger partial charge in [0.2, 0.25) is 0 Å². The Morgan fingerprint density at radius 3 is 1.85 bits per heavy atom. The third-order valence-corrected chi connectivity index (χ3v) is 5.35. The van der Waals surface area contributed by atoms with Gasteiger partial charge in [-0.05, 0) is 0 Å². The van der Waals surface area contributed by atoms with Crippen LogP contribution < -0.4 is 8.42 Å². The molecule has 0 amide bonds. The molecular formula is C14H9LiO10S2. The van der Waals surface area contributed by atoms with Crippen LogP contribution in [0.15, 0.2) is 46.2 Å². The molecule has 138 valence electrons. The number of carbonyl (C=O) groups is 2. The van der Waals surface area contributed by atoms with Crippen LogP contribution in [0.3, 0.4) is 0 Å². The number of hydrogen-bond acceptors (Lipinski definition) is 7. The number of carboxylic acid groups (broad SMARTS) is 2. The number of aromatic carboxylic acids is 2. The monoisotopic (exact) mass is 408 g/mol. The van der Waals surface area contributed by atoms with Crippen molar-refractivity contribution in [3.8, 4) is 5.75 Å². The van der Waals surface area contributed by atoms with Gasteiger partial charge < -0.3 is 0 Å². The van der Waals surface area contributed by atoms with Crippen LogP contribution in [0.4, 0.5) is 0 Å². The van der Waals surface area contributed by atoms with Crippen molar-refractivity contribution in [1.82, 2.24) is 0 Å². The minimum atomic E-state index is -4.83. The number of rotatable bonds is 6. The summed E-state index contributed by atoms with van der Waals surface area (Å²) in [5.41, 5.74) is -1.26. The molecule has 0 atom stereocenters. The Labute approximate surface area is 162 Å². The van der Waals surface area contributed by atoms with Crippen molar-refractivity contribution in [3.63, 3.8) is 0 Å². The average molecular weight is 408 g/mol. The van der Waals surface area contributed by atoms with E-state index < -0.39 is 58.8 Å². The molecule has 0 aliphatic rings. The second-order valence-corrected chi connectivity index (χ2v) is 8.26. The topological polar surface area (TPSA) is 172 Å². The van der Waals surface area contributed by atoms with Gasteiger partial charge in [-0.15, -0.1) is 0 Å². The predicted molar refractivity (Wildman–Crippen MR) is 89.8 cm³/mol. The van der Waals surface area contributed by atoms with E-state index in [2.05, 4.69) is 0 Å². The Balaban J connectivity index is 2.62. The second-order valence-electron chi connectivity index (χ2n) is 5.32. The summed E-state index contributed by atoms with van der Waals surface area (Å²) in [5, 5.41) is 18.0. The van der Waals surface area contributed by atoms with Crippen LogP contribution in [0.25, 0.3) is 0 Å². The molecule has 0 spiro atoms. The zero-order valence-electron chi connectivity index (χ0n) is 13.5. The third-order valence-electron chi connectivity index (χ3n) is 3.27. The summed E-state index contributed by atoms with van der Waals surface area (Å²) in [6, 6.07) is 5.33. The Morgan fingerprint density at radius 2 is 1.41 bits per heavy atom. The minimum absolute atomic E-state index is 0.383. The standard InChI is InChI=1S/C14H9O10S2.Li/c15-13(16)8-5-9(14(17)18)7-10(6-8)26(22,23)24-11-3-1-2-4-12(11)25(19,20)21;/h1,3-7H,(H,15,16)(H,17,18)(H,19,20,21);. The molecule has 0 saturated heterocycles. The summed E-state index contributed by atoms with van der Waals surface area (Å²) in [6.07, 6.45) is 0. The van der Waals surface area contributed by atoms with Gasteiger partial charge in [0.1, 0.15) is 0 Å². The fourth-order valence-electron chi connectivity index (χ4n) is 2.04. The number of carboxylic acids is 2. The van der Waals surface area contributed by atoms with Gasteiger partial charge in [0.15, 0.2) is 0 Å². The van der Waals surface area contributed by atoms with Crippen molar-refractivity contribution in [2.24, 2.45) is 0 Å². The van der Waals surface area contributed by atoms with Gasteiger partial charge in [-0.2, -0.15) is 0 Å². The third kappa shape index (κ3) is 4.88. The summed E-state index contributed by atoms with van der Waals surface area (Å²) < 4.78 is 62.1. The Kier molecular flexibility index (Phi) is 5.69. The maximum atomic E-state index is 12.4. The fraction of sp³-hybridized carbons (Fsp3) is 0. The van der Waals surface area contributed by atoms with E-state index in [9.17, 15) is 31.0 Å². The van der Waals surface area contributed by atoms with Gasteiger partial charge in [0.25, 0.3) is 0 Å². The molecule has 0 unspecified atom stereocenters. The van der Waals surface area contributed by atoms with E-state index in [1.54, 1.807) is 0 Å². The second kappa shape index (κ2) is 7.34. The van der Waals surface area contributed by atoms with Crippen molar-refractivity contribution in [1.29, 1.82) is 0 Å². The molecule has 2 rings (SSSR count). The van der Waals surface area contributed by atoms with Gasteiger partial charge in [-0.3, -0.25) is 0 Å². The molecule has 0 bridgehead atoms. The van der Waals surface area contributed by atoms with Crippen molar-refractivity contribution in [2.45, 2.75) is 9.79 Å². The van der Waals surface area contributed by atoms with E-state index >= 15 is 0 Å². The molecule has 2 aromatic rings. The molecular weight excluding hydrogens is 399 g/mol. The first-order valence-corrected chi connectivity index (χ1v) is 9.80. The van der Waals surface area contributed by atoms with Crippen molar-refractivity contribution in [2.75, 3.05) is 0 Å². The van der Waals surface area contributed by atoms with E-state index in [1.807, 2.05) is 0 Å². The van der Waals surface area contributed by atoms with Crippen molar-refractivity contribution < 1.29 is 45.4 Å². The van der Waals surface area contributed by atoms with Crippen LogP contribution >= 0.6 is 0 Å². The van der Waals surface area contributed by atoms with Gasteiger partial charge in [-0.1, -0.05) is 0 Å². The van der Waals surface area contributed by atoms with Crippen molar-refractivity contribution >= 4 is 54.1 Å². The van der Waals surface area contributed by atoms with Crippen LogP contribution in [-0.4, -0.2) is 61.3 Å². The normalized spacial score (nSPS) is 11.8. The van der Waals surface area contributed by atoms with Crippen LogP contribution in [0.1, 0.15) is 20.7 Å². The van der Waals surface area contributed by atoms with Gasteiger partial charge in [0.05, 0.1) is 0 Å². The Bertz CT molecular complexity index is 1120. The molecule has 0 heterocycles. The van der Waals surface area contributed by atoms with Gasteiger partial charge in [-0.25, -0.2) is 0 Å². The molecule has 0 radical (unpaired) electrons. The van der Waals surface area contributed by atoms with E-state index in [0.717, 1.165) is 18.2 Å². The van der Waals surface area contributed by atoms with E-state index in [1.165, 1.54) is 23.8 Å². The molecule has 27 heavy (non-hydrogen) atoms. The summed E-state index contributed by atoms with van der Waals surface area (Å²) in [7, 11) is -9.65. The molecule has 10 nitrogen and oxygen atoms in total. The molecule has 13 heteroatoms. The van der Waals surface area contributed by atoms with Crippen LogP contribution in [-0.2, 0) is 20.2 Å². The molecule has 2 aromatic carbocycles. The summed E-state index contributed by atoms with van der Waals surface area (Å²) in [6.45, 7) is 0. The molecule has 0 fully saturated rings. The van der Waals surface area contributed by atoms with Gasteiger partial charge >= 0.3 is 163 Å². The number of hydrogen-bond donors (Lipinski definition) is 3. The predicted octanol–water partition coefficient (Wildman–Crippen LogP) is -0.109. The zero-order chi connectivity index (χ0) is 20.6. The van der Waals surface area contributed by atoms with Crippen LogP contribution in [0.5, 0.6) is 5.75 Å². The number of benzene rings is 2. The first-order valence-electron chi connectivity index (χ1n) is 6.95. The quantitative estimate of drug-likeness (QED) is 0.332. The van der Waals surface area contributed by atoms with E-state index in [0.29, 0.717) is 16.4 Å². The molecule has 0 aromatic heterocycles. The SMILES string of the molecule is [Li][c]1ccc(OS(=O)(=O)c2cc(C(=O)O)cc(C(=O)O)c2)c(S(=O)(=O)O)c1. The zero-order valence-corrected chi connectivity index (χ0v) is 15.1. The van der Waals surface area contributed by atoms with Crippen LogP contribution in [0.2, 0.25) is 0 Å². The summed E-state index contributed by atoms with van der Waals surface area (Å²) in [4.78, 5) is 20.6. The molecule has 0 aliphatic heterocycles. The maximum absolute atomic E-state index is 12.4.